The van der Waals surface area contributed by atoms with Crippen molar-refractivity contribution in [2.24, 2.45) is 0 Å². The number of imidazole rings is 1. The van der Waals surface area contributed by atoms with Crippen LogP contribution in [0.25, 0.3) is 17.8 Å². The molecule has 0 amide bonds. The monoisotopic (exact) mass is 456 g/mol. The smallest absolute Gasteiger partial charge is 1.00 e. The summed E-state index contributed by atoms with van der Waals surface area (Å²) in [5, 5.41) is 0. The van der Waals surface area contributed by atoms with Crippen molar-refractivity contribution in [3.8, 4) is 0 Å². The largest absolute Gasteiger partial charge is 1.00 e. The molecule has 0 radical (unpaired) electrons. The second-order valence-electron chi connectivity index (χ2n) is 6.23. The number of benzene rings is 2. The molecule has 5 heteroatoms. The second kappa shape index (κ2) is 8.09. The Hall–Kier alpha value is -1.41. The standard InChI is InChI=1S/C12H9N2.C9H7.2ClH.Zr/c1-2-4-11-8-12(7-10(11)3-1)14-6-5-13-9-14;1-2-5-9-7-3-6-8(9)4-1;;;/h1-9H;1-7H;2*1H;/q;;;;+2/p-2. The van der Waals surface area contributed by atoms with Crippen molar-refractivity contribution >= 4 is 17.8 Å². The van der Waals surface area contributed by atoms with E-state index in [2.05, 4.69) is 82.5 Å². The van der Waals surface area contributed by atoms with Crippen LogP contribution in [0.3, 0.4) is 0 Å². The molecule has 0 aliphatic heterocycles. The molecule has 2 aromatic carbocycles. The first-order chi connectivity index (χ1) is 11.9. The molecule has 2 unspecified atom stereocenters. The second-order valence-corrected chi connectivity index (χ2v) is 10.0. The molecule has 2 nitrogen and oxygen atoms in total. The summed E-state index contributed by atoms with van der Waals surface area (Å²) in [6.07, 6.45) is 13.0. The number of halogens is 2. The van der Waals surface area contributed by atoms with Gasteiger partial charge in [-0.3, -0.25) is 0 Å². The van der Waals surface area contributed by atoms with Crippen LogP contribution in [0.2, 0.25) is 0 Å². The van der Waals surface area contributed by atoms with Crippen molar-refractivity contribution in [3.63, 3.8) is 0 Å². The summed E-state index contributed by atoms with van der Waals surface area (Å²) >= 11 is -0.767. The van der Waals surface area contributed by atoms with Crippen LogP contribution in [0.4, 0.5) is 0 Å². The number of aromatic nitrogens is 2. The zero-order valence-corrected chi connectivity index (χ0v) is 17.9. The van der Waals surface area contributed by atoms with Gasteiger partial charge < -0.3 is 24.8 Å². The van der Waals surface area contributed by atoms with Crippen LogP contribution in [-0.4, -0.2) is 9.55 Å². The van der Waals surface area contributed by atoms with Gasteiger partial charge in [-0.2, -0.15) is 0 Å². The summed E-state index contributed by atoms with van der Waals surface area (Å²) in [7, 11) is 0. The van der Waals surface area contributed by atoms with E-state index in [1.807, 2.05) is 12.5 Å². The number of fused-ring (bicyclic) bond motifs is 2. The maximum atomic E-state index is 4.26. The molecule has 0 saturated carbocycles. The fourth-order valence-corrected chi connectivity index (χ4v) is 8.25. The van der Waals surface area contributed by atoms with Crippen molar-refractivity contribution in [3.05, 3.63) is 95.6 Å². The quantitative estimate of drug-likeness (QED) is 0.482. The molecule has 3 aromatic rings. The predicted octanol–water partition coefficient (Wildman–Crippen LogP) is -1.21. The van der Waals surface area contributed by atoms with Gasteiger partial charge in [-0.1, -0.05) is 0 Å². The number of allylic oxidation sites excluding steroid dienone is 2. The third-order valence-electron chi connectivity index (χ3n) is 4.85. The Labute approximate surface area is 177 Å². The summed E-state index contributed by atoms with van der Waals surface area (Å²) in [6, 6.07) is 17.7. The Morgan fingerprint density at radius 2 is 1.62 bits per heavy atom. The summed E-state index contributed by atoms with van der Waals surface area (Å²) in [5.41, 5.74) is 7.22. The molecule has 0 spiro atoms. The fourth-order valence-electron chi connectivity index (χ4n) is 3.69. The van der Waals surface area contributed by atoms with Gasteiger partial charge in [0.05, 0.1) is 0 Å². The van der Waals surface area contributed by atoms with Gasteiger partial charge in [0.1, 0.15) is 0 Å². The van der Waals surface area contributed by atoms with Crippen molar-refractivity contribution in [2.75, 3.05) is 0 Å². The molecule has 0 N–H and O–H groups in total. The van der Waals surface area contributed by atoms with E-state index in [1.54, 1.807) is 0 Å². The van der Waals surface area contributed by atoms with E-state index in [-0.39, 0.29) is 24.8 Å². The van der Waals surface area contributed by atoms with Gasteiger partial charge in [0, 0.05) is 0 Å². The molecule has 0 fully saturated rings. The Balaban J connectivity index is 0.000000980. The molecule has 1 aromatic heterocycles. The maximum Gasteiger partial charge on any atom is -1.00 e. The number of hydrogen-bond donors (Lipinski definition) is 0. The zero-order chi connectivity index (χ0) is 15.9. The minimum Gasteiger partial charge on any atom is -1.00 e. The van der Waals surface area contributed by atoms with E-state index in [9.17, 15) is 0 Å². The summed E-state index contributed by atoms with van der Waals surface area (Å²) in [5.74, 6) is 0. The molecule has 1 heterocycles. The fraction of sp³-hybridized carbons (Fsp3) is 0.0952. The number of hydrogen-bond acceptors (Lipinski definition) is 1. The average Bonchev–Trinajstić information content (AvgIpc) is 3.34. The molecule has 2 atom stereocenters. The Morgan fingerprint density at radius 3 is 2.38 bits per heavy atom. The van der Waals surface area contributed by atoms with E-state index in [0.29, 0.717) is 7.25 Å². The van der Waals surface area contributed by atoms with Crippen molar-refractivity contribution < 1.29 is 48.0 Å². The van der Waals surface area contributed by atoms with E-state index >= 15 is 0 Å². The minimum atomic E-state index is -0.767. The van der Waals surface area contributed by atoms with Gasteiger partial charge in [-0.05, 0) is 0 Å². The first-order valence-corrected chi connectivity index (χ1v) is 11.1. The summed E-state index contributed by atoms with van der Waals surface area (Å²) < 4.78 is 3.42. The van der Waals surface area contributed by atoms with E-state index in [4.69, 9.17) is 0 Å². The zero-order valence-electron chi connectivity index (χ0n) is 13.9. The Bertz CT molecular complexity index is 964. The van der Waals surface area contributed by atoms with Gasteiger partial charge in [0.25, 0.3) is 0 Å². The van der Waals surface area contributed by atoms with Crippen LogP contribution < -0.4 is 24.8 Å². The third kappa shape index (κ3) is 3.29. The molecule has 5 rings (SSSR count). The molecular formula is C21H16Cl2N2Zr. The van der Waals surface area contributed by atoms with Crippen LogP contribution in [0.15, 0.2) is 73.3 Å². The van der Waals surface area contributed by atoms with E-state index in [0.717, 1.165) is 0 Å². The Morgan fingerprint density at radius 1 is 0.885 bits per heavy atom. The van der Waals surface area contributed by atoms with Crippen LogP contribution in [0, 0.1) is 0 Å². The molecule has 2 aliphatic rings. The summed E-state index contributed by atoms with van der Waals surface area (Å²) in [6.45, 7) is 0. The first-order valence-electron chi connectivity index (χ1n) is 8.22. The maximum absolute atomic E-state index is 4.26. The number of rotatable bonds is 3. The first kappa shape index (κ1) is 19.4. The van der Waals surface area contributed by atoms with Crippen LogP contribution in [-0.2, 0) is 23.2 Å². The topological polar surface area (TPSA) is 17.8 Å². The summed E-state index contributed by atoms with van der Waals surface area (Å²) in [4.78, 5) is 4.26. The number of nitrogens with zero attached hydrogens (tertiary/aromatic N) is 2. The van der Waals surface area contributed by atoms with Gasteiger partial charge in [0.15, 0.2) is 0 Å². The van der Waals surface area contributed by atoms with Gasteiger partial charge in [-0.25, -0.2) is 0 Å². The van der Waals surface area contributed by atoms with Crippen LogP contribution >= 0.6 is 0 Å². The average molecular weight is 459 g/mol. The van der Waals surface area contributed by atoms with Gasteiger partial charge in [-0.15, -0.1) is 0 Å². The molecule has 2 aliphatic carbocycles. The van der Waals surface area contributed by atoms with Crippen LogP contribution in [0.5, 0.6) is 0 Å². The molecule has 0 bridgehead atoms. The molecular weight excluding hydrogens is 442 g/mol. The molecule has 0 saturated heterocycles. The molecule has 128 valence electrons. The van der Waals surface area contributed by atoms with Gasteiger partial charge in [0.2, 0.25) is 0 Å². The normalized spacial score (nSPS) is 18.8. The third-order valence-corrected chi connectivity index (χ3v) is 9.29. The predicted molar refractivity (Wildman–Crippen MR) is 93.8 cm³/mol. The van der Waals surface area contributed by atoms with E-state index in [1.165, 1.54) is 28.0 Å². The molecule has 26 heavy (non-hydrogen) atoms. The van der Waals surface area contributed by atoms with Crippen LogP contribution in [0.1, 0.15) is 29.5 Å². The van der Waals surface area contributed by atoms with Crippen molar-refractivity contribution in [1.82, 2.24) is 9.55 Å². The van der Waals surface area contributed by atoms with Crippen molar-refractivity contribution in [2.45, 2.75) is 7.25 Å². The Kier molecular flexibility index (Phi) is 6.02. The van der Waals surface area contributed by atoms with Crippen molar-refractivity contribution in [1.29, 1.82) is 0 Å². The van der Waals surface area contributed by atoms with Gasteiger partial charge >= 0.3 is 153 Å². The SMILES string of the molecule is C1=C[CH]([Zr+2][CH]2C(n3ccnc3)=Cc3ccccc32)c2ccccc21.[Cl-].[Cl-]. The van der Waals surface area contributed by atoms with E-state index < -0.39 is 23.2 Å². The minimum absolute atomic E-state index is 0.